The lowest BCUT2D eigenvalue weighted by atomic mass is 10.3. The first-order valence-electron chi connectivity index (χ1n) is 4.80. The largest absolute Gasteiger partial charge is 0.467 e. The summed E-state index contributed by atoms with van der Waals surface area (Å²) in [5.74, 6) is -0.0220. The van der Waals surface area contributed by atoms with Gasteiger partial charge in [0, 0.05) is 24.2 Å². The van der Waals surface area contributed by atoms with Gasteiger partial charge in [-0.3, -0.25) is 9.35 Å². The number of nitrogens with one attached hydrogen (secondary N) is 1. The number of methoxy groups -OCH3 is 1. The van der Waals surface area contributed by atoms with Crippen molar-refractivity contribution in [2.24, 2.45) is 0 Å². The van der Waals surface area contributed by atoms with Crippen molar-refractivity contribution in [3.05, 3.63) is 0 Å². The van der Waals surface area contributed by atoms with Gasteiger partial charge in [0.1, 0.15) is 6.04 Å². The number of rotatable bonds is 8. The lowest BCUT2D eigenvalue weighted by molar-refractivity contribution is -0.144. The molecular weight excluding hydrogens is 302 g/mol. The molecule has 0 saturated heterocycles. The average Bonchev–Trinajstić information content (AvgIpc) is 2.24. The van der Waals surface area contributed by atoms with E-state index in [1.807, 2.05) is 0 Å². The molecule has 106 valence electrons. The van der Waals surface area contributed by atoms with Crippen molar-refractivity contribution in [3.63, 3.8) is 0 Å². The molecule has 0 heterocycles. The van der Waals surface area contributed by atoms with Gasteiger partial charge in [0.05, 0.1) is 7.11 Å². The summed E-state index contributed by atoms with van der Waals surface area (Å²) in [5, 5.41) is 2.43. The van der Waals surface area contributed by atoms with E-state index in [1.54, 1.807) is 0 Å². The minimum atomic E-state index is -4.02. The molecule has 1 atom stereocenters. The predicted octanol–water partition coefficient (Wildman–Crippen LogP) is -0.0667. The van der Waals surface area contributed by atoms with Gasteiger partial charge in [-0.05, 0) is 10.8 Å². The first-order chi connectivity index (χ1) is 8.26. The molecule has 0 aliphatic rings. The van der Waals surface area contributed by atoms with Crippen molar-refractivity contribution in [1.82, 2.24) is 5.32 Å². The van der Waals surface area contributed by atoms with Crippen LogP contribution in [0.1, 0.15) is 6.92 Å². The smallest absolute Gasteiger partial charge is 0.329 e. The lowest BCUT2D eigenvalue weighted by Gasteiger charge is -2.14. The van der Waals surface area contributed by atoms with Gasteiger partial charge in [0.2, 0.25) is 5.91 Å². The molecule has 0 spiro atoms. The van der Waals surface area contributed by atoms with Crippen LogP contribution in [0.4, 0.5) is 0 Å². The molecule has 0 bridgehead atoms. The van der Waals surface area contributed by atoms with Crippen molar-refractivity contribution in [2.75, 3.05) is 24.4 Å². The quantitative estimate of drug-likeness (QED) is 0.277. The third-order valence-electron chi connectivity index (χ3n) is 1.61. The number of thioether (sulfide) groups is 1. The van der Waals surface area contributed by atoms with Crippen LogP contribution in [-0.4, -0.2) is 55.3 Å². The van der Waals surface area contributed by atoms with Crippen molar-refractivity contribution in [3.8, 4) is 0 Å². The maximum absolute atomic E-state index is 11.3. The molecule has 0 unspecified atom stereocenters. The number of hydrogen-bond acceptors (Lipinski definition) is 7. The molecule has 0 aliphatic heterocycles. The average molecular weight is 317 g/mol. The Kier molecular flexibility index (Phi) is 8.40. The summed E-state index contributed by atoms with van der Waals surface area (Å²) in [6, 6.07) is -0.756. The fourth-order valence-electron chi connectivity index (χ4n) is 0.956. The normalized spacial score (nSPS) is 12.8. The zero-order valence-electron chi connectivity index (χ0n) is 9.91. The Morgan fingerprint density at radius 2 is 2.00 bits per heavy atom. The number of carbonyl (C=O) groups excluding carboxylic acids is 2. The van der Waals surface area contributed by atoms with E-state index in [0.717, 1.165) is 0 Å². The summed E-state index contributed by atoms with van der Waals surface area (Å²) >= 11 is 1.28. The molecule has 0 aromatic carbocycles. The third-order valence-corrected chi connectivity index (χ3v) is 4.99. The van der Waals surface area contributed by atoms with Crippen LogP contribution in [0.15, 0.2) is 0 Å². The predicted molar refractivity (Wildman–Crippen MR) is 71.0 cm³/mol. The van der Waals surface area contributed by atoms with Crippen molar-refractivity contribution in [2.45, 2.75) is 13.0 Å². The zero-order valence-corrected chi connectivity index (χ0v) is 12.4. The lowest BCUT2D eigenvalue weighted by Crippen LogP contribution is -2.42. The van der Waals surface area contributed by atoms with E-state index in [9.17, 15) is 18.0 Å². The Bertz CT molecular complexity index is 382. The van der Waals surface area contributed by atoms with E-state index in [0.29, 0.717) is 16.5 Å². The van der Waals surface area contributed by atoms with Crippen LogP contribution in [0.2, 0.25) is 0 Å². The van der Waals surface area contributed by atoms with Crippen molar-refractivity contribution >= 4 is 43.6 Å². The molecule has 0 rings (SSSR count). The van der Waals surface area contributed by atoms with Crippen LogP contribution < -0.4 is 5.32 Å². The standard InChI is InChI=1S/C8H15NO6S3/c1-6(10)9-7(8(11)15-2)5-16-3-4-17-18(12,13)14/h7H,3-5H2,1-2H3,(H,9,10)(H,12,13,14)/t7-/m0/s1. The fourth-order valence-corrected chi connectivity index (χ4v) is 3.78. The Hall–Kier alpha value is -0.450. The van der Waals surface area contributed by atoms with Crippen LogP contribution in [-0.2, 0) is 23.5 Å². The number of esters is 1. The molecular formula is C8H15NO6S3. The number of hydrogen-bond donors (Lipinski definition) is 2. The summed E-state index contributed by atoms with van der Waals surface area (Å²) in [7, 11) is -2.39. The Morgan fingerprint density at radius 1 is 1.39 bits per heavy atom. The van der Waals surface area contributed by atoms with E-state index in [2.05, 4.69) is 10.1 Å². The Balaban J connectivity index is 3.97. The van der Waals surface area contributed by atoms with Gasteiger partial charge in [-0.25, -0.2) is 4.79 Å². The number of ether oxygens (including phenoxy) is 1. The molecule has 0 aromatic heterocycles. The second-order valence-corrected chi connectivity index (χ2v) is 7.72. The van der Waals surface area contributed by atoms with E-state index >= 15 is 0 Å². The van der Waals surface area contributed by atoms with Crippen molar-refractivity contribution in [1.29, 1.82) is 0 Å². The van der Waals surface area contributed by atoms with E-state index < -0.39 is 21.2 Å². The minimum Gasteiger partial charge on any atom is -0.467 e. The molecule has 7 nitrogen and oxygen atoms in total. The molecule has 0 aromatic rings. The van der Waals surface area contributed by atoms with E-state index in [-0.39, 0.29) is 17.4 Å². The Labute approximate surface area is 114 Å². The second kappa shape index (κ2) is 8.62. The monoisotopic (exact) mass is 317 g/mol. The van der Waals surface area contributed by atoms with Gasteiger partial charge in [-0.1, -0.05) is 0 Å². The molecule has 1 amide bonds. The maximum atomic E-state index is 11.3. The van der Waals surface area contributed by atoms with Gasteiger partial charge in [0.25, 0.3) is 0 Å². The van der Waals surface area contributed by atoms with Gasteiger partial charge >= 0.3 is 15.1 Å². The molecule has 10 heteroatoms. The molecule has 2 N–H and O–H groups in total. The fraction of sp³-hybridized carbons (Fsp3) is 0.750. The summed E-state index contributed by atoms with van der Waals surface area (Å²) in [6.45, 7) is 1.29. The van der Waals surface area contributed by atoms with Crippen LogP contribution >= 0.6 is 22.6 Å². The minimum absolute atomic E-state index is 0.192. The van der Waals surface area contributed by atoms with Gasteiger partial charge < -0.3 is 10.1 Å². The molecule has 0 aliphatic carbocycles. The molecule has 0 radical (unpaired) electrons. The molecule has 18 heavy (non-hydrogen) atoms. The first kappa shape index (κ1) is 17.6. The van der Waals surface area contributed by atoms with Crippen molar-refractivity contribution < 1.29 is 27.3 Å². The first-order valence-corrected chi connectivity index (χ1v) is 8.90. The zero-order chi connectivity index (χ0) is 14.2. The highest BCUT2D eigenvalue weighted by Gasteiger charge is 2.19. The van der Waals surface area contributed by atoms with Gasteiger partial charge in [-0.2, -0.15) is 20.2 Å². The highest BCUT2D eigenvalue weighted by atomic mass is 33.1. The highest BCUT2D eigenvalue weighted by molar-refractivity contribution is 8.70. The van der Waals surface area contributed by atoms with E-state index in [4.69, 9.17) is 4.55 Å². The molecule has 0 saturated carbocycles. The van der Waals surface area contributed by atoms with E-state index in [1.165, 1.54) is 25.8 Å². The second-order valence-electron chi connectivity index (χ2n) is 3.10. The SMILES string of the molecule is COC(=O)[C@H](CSCCSS(=O)(=O)O)NC(C)=O. The van der Waals surface area contributed by atoms with Crippen LogP contribution in [0.25, 0.3) is 0 Å². The number of carbonyl (C=O) groups is 2. The topological polar surface area (TPSA) is 110 Å². The van der Waals surface area contributed by atoms with Gasteiger partial charge in [-0.15, -0.1) is 0 Å². The number of amides is 1. The van der Waals surface area contributed by atoms with Crippen LogP contribution in [0, 0.1) is 0 Å². The molecule has 0 fully saturated rings. The van der Waals surface area contributed by atoms with Gasteiger partial charge in [0.15, 0.2) is 0 Å². The maximum Gasteiger partial charge on any atom is 0.329 e. The van der Waals surface area contributed by atoms with Crippen LogP contribution in [0.3, 0.4) is 0 Å². The Morgan fingerprint density at radius 3 is 2.44 bits per heavy atom. The summed E-state index contributed by atoms with van der Waals surface area (Å²) in [5.41, 5.74) is 0. The van der Waals surface area contributed by atoms with Crippen LogP contribution in [0.5, 0.6) is 0 Å². The summed E-state index contributed by atoms with van der Waals surface area (Å²) in [6.07, 6.45) is 0. The summed E-state index contributed by atoms with van der Waals surface area (Å²) < 4.78 is 33.8. The summed E-state index contributed by atoms with van der Waals surface area (Å²) in [4.78, 5) is 22.1. The third kappa shape index (κ3) is 9.57. The highest BCUT2D eigenvalue weighted by Crippen LogP contribution is 2.13.